The van der Waals surface area contributed by atoms with E-state index in [4.69, 9.17) is 0 Å². The van der Waals surface area contributed by atoms with E-state index in [1.807, 2.05) is 13.0 Å². The fraction of sp³-hybridized carbons (Fsp3) is 0.417. The number of hydrogen-bond donors (Lipinski definition) is 0. The minimum atomic E-state index is -4.37. The monoisotopic (exact) mass is 274 g/mol. The lowest BCUT2D eigenvalue weighted by Crippen LogP contribution is -2.16. The summed E-state index contributed by atoms with van der Waals surface area (Å²) in [5.74, 6) is 0. The minimum absolute atomic E-state index is 0.323. The molecule has 2 nitrogen and oxygen atoms in total. The number of alkyl halides is 3. The lowest BCUT2D eigenvalue weighted by atomic mass is 10.3. The first-order valence-electron chi connectivity index (χ1n) is 5.52. The predicted octanol–water partition coefficient (Wildman–Crippen LogP) is 4.52. The molecule has 2 aromatic heterocycles. The second kappa shape index (κ2) is 4.42. The topological polar surface area (TPSA) is 17.8 Å². The maximum atomic E-state index is 12.9. The van der Waals surface area contributed by atoms with Crippen LogP contribution in [0.5, 0.6) is 0 Å². The van der Waals surface area contributed by atoms with E-state index in [1.165, 1.54) is 11.3 Å². The lowest BCUT2D eigenvalue weighted by molar-refractivity contribution is -0.144. The molecule has 0 fully saturated rings. The molecule has 2 aromatic rings. The van der Waals surface area contributed by atoms with E-state index in [9.17, 15) is 13.2 Å². The van der Waals surface area contributed by atoms with Crippen molar-refractivity contribution < 1.29 is 13.2 Å². The smallest absolute Gasteiger partial charge is 0.257 e. The van der Waals surface area contributed by atoms with Crippen molar-refractivity contribution in [1.82, 2.24) is 9.78 Å². The summed E-state index contributed by atoms with van der Waals surface area (Å²) in [6.45, 7) is 5.29. The van der Waals surface area contributed by atoms with Crippen LogP contribution in [0.3, 0.4) is 0 Å². The Morgan fingerprint density at radius 1 is 1.28 bits per heavy atom. The van der Waals surface area contributed by atoms with Crippen molar-refractivity contribution in [1.29, 1.82) is 0 Å². The van der Waals surface area contributed by atoms with Crippen molar-refractivity contribution in [3.05, 3.63) is 28.8 Å². The summed E-state index contributed by atoms with van der Waals surface area (Å²) in [6.07, 6.45) is -4.37. The highest BCUT2D eigenvalue weighted by atomic mass is 32.1. The second-order valence-electron chi connectivity index (χ2n) is 4.36. The summed E-state index contributed by atoms with van der Waals surface area (Å²) in [6, 6.07) is 4.47. The van der Waals surface area contributed by atoms with Gasteiger partial charge in [-0.15, -0.1) is 11.3 Å². The molecule has 0 aliphatic heterocycles. The van der Waals surface area contributed by atoms with Crippen LogP contribution in [0, 0.1) is 6.92 Å². The van der Waals surface area contributed by atoms with Gasteiger partial charge in [0.1, 0.15) is 11.4 Å². The Balaban J connectivity index is 2.52. The van der Waals surface area contributed by atoms with E-state index in [-0.39, 0.29) is 6.04 Å². The van der Waals surface area contributed by atoms with Gasteiger partial charge in [-0.1, -0.05) is 0 Å². The second-order valence-corrected chi connectivity index (χ2v) is 5.65. The summed E-state index contributed by atoms with van der Waals surface area (Å²) < 4.78 is 39.7. The normalized spacial score (nSPS) is 12.4. The molecule has 2 heterocycles. The highest BCUT2D eigenvalue weighted by Gasteiger charge is 2.36. The standard InChI is InChI=1S/C12H13F3N2S/c1-7(2)17-11(12(13,14)15)6-9(16-17)10-5-4-8(3)18-10/h4-7H,1-3H3. The van der Waals surface area contributed by atoms with Crippen LogP contribution in [0.1, 0.15) is 30.5 Å². The van der Waals surface area contributed by atoms with E-state index in [0.29, 0.717) is 5.69 Å². The van der Waals surface area contributed by atoms with Crippen molar-refractivity contribution in [2.75, 3.05) is 0 Å². The van der Waals surface area contributed by atoms with Crippen molar-refractivity contribution in [3.8, 4) is 10.6 Å². The zero-order valence-corrected chi connectivity index (χ0v) is 11.1. The van der Waals surface area contributed by atoms with E-state index < -0.39 is 11.9 Å². The first-order chi connectivity index (χ1) is 8.29. The highest BCUT2D eigenvalue weighted by Crippen LogP contribution is 2.35. The average molecular weight is 274 g/mol. The molecular weight excluding hydrogens is 261 g/mol. The zero-order chi connectivity index (χ0) is 13.5. The molecule has 18 heavy (non-hydrogen) atoms. The number of nitrogens with zero attached hydrogens (tertiary/aromatic N) is 2. The van der Waals surface area contributed by atoms with Gasteiger partial charge in [0, 0.05) is 10.9 Å². The van der Waals surface area contributed by atoms with Gasteiger partial charge in [0.05, 0.1) is 4.88 Å². The van der Waals surface area contributed by atoms with E-state index in [2.05, 4.69) is 5.10 Å². The molecule has 0 saturated carbocycles. The highest BCUT2D eigenvalue weighted by molar-refractivity contribution is 7.15. The van der Waals surface area contributed by atoms with Crippen molar-refractivity contribution in [2.24, 2.45) is 0 Å². The van der Waals surface area contributed by atoms with Crippen molar-refractivity contribution in [3.63, 3.8) is 0 Å². The van der Waals surface area contributed by atoms with Gasteiger partial charge in [-0.25, -0.2) is 0 Å². The Morgan fingerprint density at radius 3 is 2.33 bits per heavy atom. The first kappa shape index (κ1) is 13.1. The third-order valence-corrected chi connectivity index (χ3v) is 3.53. The number of thiophene rings is 1. The third kappa shape index (κ3) is 2.43. The lowest BCUT2D eigenvalue weighted by Gasteiger charge is -2.12. The SMILES string of the molecule is Cc1ccc(-c2cc(C(F)(F)F)n(C(C)C)n2)s1. The quantitative estimate of drug-likeness (QED) is 0.787. The molecule has 0 N–H and O–H groups in total. The van der Waals surface area contributed by atoms with Crippen LogP contribution < -0.4 is 0 Å². The van der Waals surface area contributed by atoms with Crippen molar-refractivity contribution >= 4 is 11.3 Å². The Kier molecular flexibility index (Phi) is 3.23. The molecule has 0 bridgehead atoms. The minimum Gasteiger partial charge on any atom is -0.257 e. The molecule has 0 atom stereocenters. The average Bonchev–Trinajstić information content (AvgIpc) is 2.81. The number of halogens is 3. The molecular formula is C12H13F3N2S. The molecule has 6 heteroatoms. The first-order valence-corrected chi connectivity index (χ1v) is 6.34. The fourth-order valence-electron chi connectivity index (χ4n) is 1.69. The van der Waals surface area contributed by atoms with Gasteiger partial charge in [0.2, 0.25) is 0 Å². The number of hydrogen-bond acceptors (Lipinski definition) is 2. The fourth-order valence-corrected chi connectivity index (χ4v) is 2.52. The van der Waals surface area contributed by atoms with Crippen LogP contribution in [-0.2, 0) is 6.18 Å². The maximum Gasteiger partial charge on any atom is 0.433 e. The van der Waals surface area contributed by atoms with Gasteiger partial charge in [-0.3, -0.25) is 4.68 Å². The summed E-state index contributed by atoms with van der Waals surface area (Å²) in [5.41, 5.74) is -0.312. The molecule has 98 valence electrons. The van der Waals surface area contributed by atoms with Gasteiger partial charge >= 0.3 is 6.18 Å². The van der Waals surface area contributed by atoms with Crippen LogP contribution >= 0.6 is 11.3 Å². The van der Waals surface area contributed by atoms with Crippen LogP contribution in [0.4, 0.5) is 13.2 Å². The van der Waals surface area contributed by atoms with Crippen LogP contribution in [0.25, 0.3) is 10.6 Å². The molecule has 2 rings (SSSR count). The number of aromatic nitrogens is 2. The summed E-state index contributed by atoms with van der Waals surface area (Å²) in [7, 11) is 0. The molecule has 0 radical (unpaired) electrons. The Morgan fingerprint density at radius 2 is 1.94 bits per heavy atom. The maximum absolute atomic E-state index is 12.9. The molecule has 0 aliphatic rings. The summed E-state index contributed by atoms with van der Waals surface area (Å²) >= 11 is 1.44. The van der Waals surface area contributed by atoms with Crippen molar-refractivity contribution in [2.45, 2.75) is 33.0 Å². The summed E-state index contributed by atoms with van der Waals surface area (Å²) in [5, 5.41) is 4.07. The van der Waals surface area contributed by atoms with E-state index in [1.54, 1.807) is 19.9 Å². The molecule has 0 aliphatic carbocycles. The Bertz CT molecular complexity index is 552. The van der Waals surface area contributed by atoms with Gasteiger partial charge in [-0.2, -0.15) is 18.3 Å². The molecule has 0 unspecified atom stereocenters. The van der Waals surface area contributed by atoms with Gasteiger partial charge in [0.15, 0.2) is 0 Å². The van der Waals surface area contributed by atoms with Crippen LogP contribution in [-0.4, -0.2) is 9.78 Å². The largest absolute Gasteiger partial charge is 0.433 e. The van der Waals surface area contributed by atoms with Gasteiger partial charge in [0.25, 0.3) is 0 Å². The van der Waals surface area contributed by atoms with Crippen LogP contribution in [0.2, 0.25) is 0 Å². The Hall–Kier alpha value is -1.30. The van der Waals surface area contributed by atoms with Gasteiger partial charge in [-0.05, 0) is 39.0 Å². The zero-order valence-electron chi connectivity index (χ0n) is 10.2. The molecule has 0 amide bonds. The number of rotatable bonds is 2. The number of aryl methyl sites for hydroxylation is 1. The molecule has 0 spiro atoms. The molecule has 0 aromatic carbocycles. The molecule has 0 saturated heterocycles. The van der Waals surface area contributed by atoms with E-state index >= 15 is 0 Å². The Labute approximate surface area is 107 Å². The van der Waals surface area contributed by atoms with Gasteiger partial charge < -0.3 is 0 Å². The predicted molar refractivity (Wildman–Crippen MR) is 65.7 cm³/mol. The third-order valence-electron chi connectivity index (χ3n) is 2.51. The van der Waals surface area contributed by atoms with E-state index in [0.717, 1.165) is 20.5 Å². The summed E-state index contributed by atoms with van der Waals surface area (Å²) in [4.78, 5) is 1.81. The van der Waals surface area contributed by atoms with Crippen LogP contribution in [0.15, 0.2) is 18.2 Å².